The van der Waals surface area contributed by atoms with Crippen molar-refractivity contribution in [2.24, 2.45) is 0 Å². The number of para-hydroxylation sites is 2. The highest BCUT2D eigenvalue weighted by Gasteiger charge is 2.13. The van der Waals surface area contributed by atoms with Gasteiger partial charge in [0.1, 0.15) is 0 Å². The zero-order valence-corrected chi connectivity index (χ0v) is 14.3. The summed E-state index contributed by atoms with van der Waals surface area (Å²) >= 11 is 0. The summed E-state index contributed by atoms with van der Waals surface area (Å²) in [5.41, 5.74) is 4.30. The molecule has 0 saturated carbocycles. The largest absolute Gasteiger partial charge is 0.321 e. The summed E-state index contributed by atoms with van der Waals surface area (Å²) in [7, 11) is 0. The van der Waals surface area contributed by atoms with Crippen LogP contribution in [0, 0.1) is 17.0 Å². The molecule has 0 atom stereocenters. The van der Waals surface area contributed by atoms with E-state index in [1.54, 1.807) is 31.2 Å². The molecule has 1 amide bonds. The molecule has 0 aliphatic heterocycles. The fourth-order valence-electron chi connectivity index (χ4n) is 2.81. The Kier molecular flexibility index (Phi) is 3.97. The van der Waals surface area contributed by atoms with Crippen LogP contribution in [0.15, 0.2) is 60.7 Å². The third kappa shape index (κ3) is 3.18. The molecule has 0 spiro atoms. The minimum absolute atomic E-state index is 0.0771. The van der Waals surface area contributed by atoms with Crippen LogP contribution in [0.25, 0.3) is 22.1 Å². The summed E-state index contributed by atoms with van der Waals surface area (Å²) in [5, 5.41) is 13.7. The number of anilines is 1. The first kappa shape index (κ1) is 16.6. The van der Waals surface area contributed by atoms with Crippen molar-refractivity contribution in [1.82, 2.24) is 9.97 Å². The Morgan fingerprint density at radius 2 is 1.59 bits per heavy atom. The predicted octanol–water partition coefficient (Wildman–Crippen LogP) is 4.25. The van der Waals surface area contributed by atoms with Gasteiger partial charge in [-0.25, -0.2) is 9.97 Å². The number of fused-ring (bicyclic) bond motifs is 2. The number of carbonyl (C=O) groups excluding carboxylic acids is 1. The van der Waals surface area contributed by atoms with Crippen LogP contribution in [0.4, 0.5) is 11.4 Å². The lowest BCUT2D eigenvalue weighted by molar-refractivity contribution is -0.384. The average molecular weight is 358 g/mol. The lowest BCUT2D eigenvalue weighted by Gasteiger charge is -2.09. The van der Waals surface area contributed by atoms with Crippen LogP contribution in [0.2, 0.25) is 0 Å². The van der Waals surface area contributed by atoms with Crippen LogP contribution in [0.1, 0.15) is 15.9 Å². The number of hydrogen-bond acceptors (Lipinski definition) is 5. The molecule has 0 fully saturated rings. The molecule has 0 aliphatic carbocycles. The Labute approximate surface area is 153 Å². The maximum Gasteiger partial charge on any atom is 0.271 e. The molecule has 0 bridgehead atoms. The van der Waals surface area contributed by atoms with Crippen molar-refractivity contribution >= 4 is 39.3 Å². The molecule has 1 heterocycles. The van der Waals surface area contributed by atoms with Gasteiger partial charge >= 0.3 is 0 Å². The topological polar surface area (TPSA) is 98.0 Å². The molecule has 27 heavy (non-hydrogen) atoms. The van der Waals surface area contributed by atoms with Gasteiger partial charge in [-0.2, -0.15) is 0 Å². The molecule has 3 aromatic carbocycles. The van der Waals surface area contributed by atoms with Crippen LogP contribution in [-0.2, 0) is 0 Å². The van der Waals surface area contributed by atoms with Crippen molar-refractivity contribution in [3.63, 3.8) is 0 Å². The normalized spacial score (nSPS) is 10.9. The fourth-order valence-corrected chi connectivity index (χ4v) is 2.81. The van der Waals surface area contributed by atoms with E-state index in [0.717, 1.165) is 16.6 Å². The molecule has 0 saturated heterocycles. The molecular formula is C20H14N4O3. The molecule has 0 aliphatic rings. The second kappa shape index (κ2) is 6.45. The van der Waals surface area contributed by atoms with Gasteiger partial charge in [0.25, 0.3) is 11.6 Å². The van der Waals surface area contributed by atoms with Crippen LogP contribution in [0.3, 0.4) is 0 Å². The number of hydrogen-bond donors (Lipinski definition) is 1. The maximum atomic E-state index is 12.6. The second-order valence-corrected chi connectivity index (χ2v) is 6.13. The minimum Gasteiger partial charge on any atom is -0.321 e. The van der Waals surface area contributed by atoms with Crippen LogP contribution in [-0.4, -0.2) is 20.8 Å². The second-order valence-electron chi connectivity index (χ2n) is 6.13. The van der Waals surface area contributed by atoms with Gasteiger partial charge < -0.3 is 5.32 Å². The average Bonchev–Trinajstić information content (AvgIpc) is 2.67. The third-order valence-electron chi connectivity index (χ3n) is 4.28. The van der Waals surface area contributed by atoms with E-state index >= 15 is 0 Å². The number of amides is 1. The number of non-ortho nitro benzene ring substituents is 1. The highest BCUT2D eigenvalue weighted by atomic mass is 16.6. The monoisotopic (exact) mass is 358 g/mol. The van der Waals surface area contributed by atoms with E-state index in [2.05, 4.69) is 15.3 Å². The Morgan fingerprint density at radius 1 is 0.926 bits per heavy atom. The number of aryl methyl sites for hydroxylation is 1. The number of aromatic nitrogens is 2. The first-order valence-corrected chi connectivity index (χ1v) is 8.24. The van der Waals surface area contributed by atoms with E-state index in [0.29, 0.717) is 22.3 Å². The predicted molar refractivity (Wildman–Crippen MR) is 103 cm³/mol. The number of benzene rings is 3. The van der Waals surface area contributed by atoms with Gasteiger partial charge in [0, 0.05) is 17.7 Å². The number of nitro groups is 1. The van der Waals surface area contributed by atoms with Crippen molar-refractivity contribution in [3.05, 3.63) is 81.9 Å². The molecule has 4 aromatic rings. The molecule has 7 heteroatoms. The van der Waals surface area contributed by atoms with Gasteiger partial charge in [0.05, 0.1) is 32.7 Å². The highest BCUT2D eigenvalue weighted by Crippen LogP contribution is 2.23. The number of nitro benzene ring substituents is 1. The lowest BCUT2D eigenvalue weighted by atomic mass is 10.1. The fraction of sp³-hybridized carbons (Fsp3) is 0.0500. The Morgan fingerprint density at radius 3 is 2.30 bits per heavy atom. The quantitative estimate of drug-likeness (QED) is 0.335. The minimum atomic E-state index is -0.494. The van der Waals surface area contributed by atoms with Crippen molar-refractivity contribution in [2.75, 3.05) is 5.32 Å². The van der Waals surface area contributed by atoms with Crippen molar-refractivity contribution in [3.8, 4) is 0 Å². The van der Waals surface area contributed by atoms with Gasteiger partial charge in [0.15, 0.2) is 0 Å². The lowest BCUT2D eigenvalue weighted by Crippen LogP contribution is -2.13. The summed E-state index contributed by atoms with van der Waals surface area (Å²) in [5.74, 6) is -0.365. The Bertz CT molecular complexity index is 1220. The SMILES string of the molecule is Cc1ccc([N+](=O)[O-])cc1NC(=O)c1ccc2nc3ccccc3nc2c1. The van der Waals surface area contributed by atoms with Gasteiger partial charge in [-0.3, -0.25) is 14.9 Å². The number of nitrogens with one attached hydrogen (secondary N) is 1. The maximum absolute atomic E-state index is 12.6. The number of nitrogens with zero attached hydrogens (tertiary/aromatic N) is 3. The standard InChI is InChI=1S/C20H14N4O3/c1-12-6-8-14(24(26)27)11-18(12)23-20(25)13-7-9-17-19(10-13)22-16-5-3-2-4-15(16)21-17/h2-11H,1H3,(H,23,25). The molecule has 0 radical (unpaired) electrons. The Balaban J connectivity index is 1.69. The zero-order valence-electron chi connectivity index (χ0n) is 14.3. The Hall–Kier alpha value is -3.87. The molecule has 132 valence electrons. The van der Waals surface area contributed by atoms with E-state index in [1.807, 2.05) is 24.3 Å². The third-order valence-corrected chi connectivity index (χ3v) is 4.28. The summed E-state index contributed by atoms with van der Waals surface area (Å²) in [4.78, 5) is 32.2. The highest BCUT2D eigenvalue weighted by molar-refractivity contribution is 6.06. The molecular weight excluding hydrogens is 344 g/mol. The van der Waals surface area contributed by atoms with Gasteiger partial charge in [-0.1, -0.05) is 18.2 Å². The van der Waals surface area contributed by atoms with Crippen molar-refractivity contribution < 1.29 is 9.72 Å². The summed E-state index contributed by atoms with van der Waals surface area (Å²) in [6.45, 7) is 1.78. The van der Waals surface area contributed by atoms with E-state index in [9.17, 15) is 14.9 Å². The summed E-state index contributed by atoms with van der Waals surface area (Å²) < 4.78 is 0. The number of carbonyl (C=O) groups is 1. The first-order chi connectivity index (χ1) is 13.0. The smallest absolute Gasteiger partial charge is 0.271 e. The molecule has 4 rings (SSSR count). The van der Waals surface area contributed by atoms with Crippen molar-refractivity contribution in [2.45, 2.75) is 6.92 Å². The molecule has 1 N–H and O–H groups in total. The van der Waals surface area contributed by atoms with Crippen molar-refractivity contribution in [1.29, 1.82) is 0 Å². The zero-order chi connectivity index (χ0) is 19.0. The van der Waals surface area contributed by atoms with Crippen LogP contribution < -0.4 is 5.32 Å². The molecule has 1 aromatic heterocycles. The first-order valence-electron chi connectivity index (χ1n) is 8.24. The van der Waals surface area contributed by atoms with Gasteiger partial charge in [-0.05, 0) is 42.8 Å². The van der Waals surface area contributed by atoms with E-state index in [4.69, 9.17) is 0 Å². The van der Waals surface area contributed by atoms with Gasteiger partial charge in [0.2, 0.25) is 0 Å². The van der Waals surface area contributed by atoms with Crippen LogP contribution >= 0.6 is 0 Å². The van der Waals surface area contributed by atoms with Crippen LogP contribution in [0.5, 0.6) is 0 Å². The summed E-state index contributed by atoms with van der Waals surface area (Å²) in [6, 6.07) is 16.9. The summed E-state index contributed by atoms with van der Waals surface area (Å²) in [6.07, 6.45) is 0. The van der Waals surface area contributed by atoms with E-state index in [-0.39, 0.29) is 11.6 Å². The number of rotatable bonds is 3. The molecule has 0 unspecified atom stereocenters. The van der Waals surface area contributed by atoms with E-state index < -0.39 is 4.92 Å². The molecule has 7 nitrogen and oxygen atoms in total. The van der Waals surface area contributed by atoms with Gasteiger partial charge in [-0.15, -0.1) is 0 Å². The van der Waals surface area contributed by atoms with E-state index in [1.165, 1.54) is 12.1 Å².